The van der Waals surface area contributed by atoms with Crippen molar-refractivity contribution in [3.63, 3.8) is 0 Å². The summed E-state index contributed by atoms with van der Waals surface area (Å²) in [7, 11) is 10.5. The number of aryl methyl sites for hydroxylation is 6. The molecular weight excluding hydrogens is 1160 g/mol. The molecule has 0 bridgehead atoms. The van der Waals surface area contributed by atoms with E-state index in [1.54, 1.807) is 12.7 Å². The number of para-hydroxylation sites is 5. The van der Waals surface area contributed by atoms with Gasteiger partial charge < -0.3 is 49.0 Å². The van der Waals surface area contributed by atoms with Gasteiger partial charge in [0.05, 0.1) is 59.4 Å². The Bertz CT molecular complexity index is 4040. The van der Waals surface area contributed by atoms with Gasteiger partial charge in [-0.2, -0.15) is 0 Å². The summed E-state index contributed by atoms with van der Waals surface area (Å²) in [5.41, 5.74) is 21.6. The third-order valence-electron chi connectivity index (χ3n) is 19.0. The van der Waals surface area contributed by atoms with Gasteiger partial charge in [0.15, 0.2) is 23.3 Å². The molecule has 0 saturated heterocycles. The third-order valence-corrected chi connectivity index (χ3v) is 19.0. The molecule has 484 valence electrons. The molecule has 15 rings (SSSR count). The van der Waals surface area contributed by atoms with Crippen molar-refractivity contribution in [1.29, 1.82) is 0 Å². The Kier molecular flexibility index (Phi) is 19.0. The van der Waals surface area contributed by atoms with E-state index in [0.29, 0.717) is 18.2 Å². The first-order valence-electron chi connectivity index (χ1n) is 32.5. The Morgan fingerprint density at radius 3 is 1.20 bits per heavy atom. The second-order valence-corrected chi connectivity index (χ2v) is 25.2. The topological polar surface area (TPSA) is 136 Å². The molecule has 0 aliphatic carbocycles. The van der Waals surface area contributed by atoms with E-state index in [1.807, 2.05) is 44.1 Å². The lowest BCUT2D eigenvalue weighted by molar-refractivity contribution is 0.726. The maximum absolute atomic E-state index is 4.68. The van der Waals surface area contributed by atoms with Gasteiger partial charge in [-0.15, -0.1) is 0 Å². The molecule has 0 spiro atoms. The largest absolute Gasteiger partial charge is 0.352 e. The van der Waals surface area contributed by atoms with Crippen molar-refractivity contribution in [3.05, 3.63) is 223 Å². The summed E-state index contributed by atoms with van der Waals surface area (Å²) in [4.78, 5) is 57.8. The summed E-state index contributed by atoms with van der Waals surface area (Å²) in [5, 5.41) is 0. The fourth-order valence-electron chi connectivity index (χ4n) is 13.0. The molecule has 5 atom stereocenters. The van der Waals surface area contributed by atoms with Gasteiger partial charge >= 0.3 is 0 Å². The summed E-state index contributed by atoms with van der Waals surface area (Å²) >= 11 is 0. The number of aromatic nitrogens is 8. The Hall–Kier alpha value is -10.4. The molecule has 0 unspecified atom stereocenters. The molecule has 0 fully saturated rings. The van der Waals surface area contributed by atoms with E-state index in [4.69, 9.17) is 0 Å². The average molecular weight is 1260 g/mol. The second kappa shape index (κ2) is 27.5. The van der Waals surface area contributed by atoms with Crippen LogP contribution in [-0.2, 0) is 0 Å². The second-order valence-electron chi connectivity index (χ2n) is 25.2. The summed E-state index contributed by atoms with van der Waals surface area (Å²) in [6.45, 7) is 28.0. The number of hydrogen-bond donors (Lipinski definition) is 0. The van der Waals surface area contributed by atoms with Crippen LogP contribution in [0.15, 0.2) is 183 Å². The molecule has 5 aliphatic heterocycles. The Morgan fingerprint density at radius 1 is 0.309 bits per heavy atom. The molecule has 5 aliphatic rings. The lowest BCUT2D eigenvalue weighted by Gasteiger charge is -2.29. The van der Waals surface area contributed by atoms with Gasteiger partial charge in [-0.05, 0) is 152 Å². The van der Waals surface area contributed by atoms with Crippen molar-refractivity contribution in [2.75, 3.05) is 84.2 Å². The van der Waals surface area contributed by atoms with Crippen LogP contribution in [0.3, 0.4) is 0 Å². The number of fused-ring (bicyclic) bond motifs is 5. The zero-order valence-electron chi connectivity index (χ0n) is 57.8. The minimum Gasteiger partial charge on any atom is -0.352 e. The lowest BCUT2D eigenvalue weighted by atomic mass is 10.1. The monoisotopic (exact) mass is 1250 g/mol. The summed E-state index contributed by atoms with van der Waals surface area (Å²) in [6, 6.07) is 46.5. The first-order chi connectivity index (χ1) is 45.2. The van der Waals surface area contributed by atoms with Crippen molar-refractivity contribution in [2.24, 2.45) is 0 Å². The molecule has 0 radical (unpaired) electrons. The molecule has 10 heterocycles. The first kappa shape index (κ1) is 65.1. The van der Waals surface area contributed by atoms with Gasteiger partial charge in [0, 0.05) is 75.6 Å². The third kappa shape index (κ3) is 12.3. The van der Waals surface area contributed by atoms with Crippen LogP contribution < -0.4 is 49.0 Å². The van der Waals surface area contributed by atoms with Crippen LogP contribution in [0.5, 0.6) is 0 Å². The van der Waals surface area contributed by atoms with Crippen LogP contribution in [0.1, 0.15) is 93.6 Å². The van der Waals surface area contributed by atoms with Crippen LogP contribution in [-0.4, -0.2) is 106 Å². The lowest BCUT2D eigenvalue weighted by Crippen LogP contribution is -2.36. The smallest absolute Gasteiger partial charge is 0.178 e. The predicted molar refractivity (Wildman–Crippen MR) is 389 cm³/mol. The van der Waals surface area contributed by atoms with E-state index in [-0.39, 0.29) is 18.5 Å². The Labute approximate surface area is 556 Å². The quantitative estimate of drug-likeness (QED) is 0.156. The number of benzene rings is 5. The molecule has 5 aromatic carbocycles. The highest BCUT2D eigenvalue weighted by Gasteiger charge is 2.38. The standard InChI is InChI=1S/C18H23N3.C15H18N4.C15H17N3.2C14H16N4/c1-12(2)15-10-17-18(11-19-15)20(5)14(4)21(17)16-9-7-6-8-13(16)3;1-10-7-5-6-8-13(10)19-12(3)18(4)14-15(19)17-11(2)9-16-14;1-11-6-4-5-7-13(11)18-12(2)17(3)14-8-9-16-10-15(14)18;1-10-6-4-5-7-12(10)18-11(2)17(3)14-13(18)8-15-9-16-14;1-10-6-4-5-7-12(10)18-11(2)17(3)13-8-15-9-16-14(13)18/h6-12,14H,1-5H3;5-9,12H,1-4H3;4-10,12H,1-3H3;2*4-9,11H,1-3H3/t14-;2*12-;2*11-/m00000/s1. The summed E-state index contributed by atoms with van der Waals surface area (Å²) in [5.74, 6) is 4.30. The normalized spacial score (nSPS) is 17.9. The SMILES string of the molecule is Cc1ccccc1N1c2cc(C(C)C)ncc2N(C)[C@@H]1C.Cc1ccccc1N1c2cnccc2N(C)[C@@H]1C.Cc1ccccc1N1c2cncnc2N(C)[C@@H]1C.Cc1ccccc1N1c2ncncc2N(C)[C@@H]1C.Cc1cnc2c(n1)N(c1ccccc1C)[C@@H](C)N2C. The molecule has 0 amide bonds. The van der Waals surface area contributed by atoms with Crippen molar-refractivity contribution in [2.45, 2.75) is 127 Å². The molecule has 18 heteroatoms. The van der Waals surface area contributed by atoms with Gasteiger partial charge in [-0.1, -0.05) is 105 Å². The summed E-state index contributed by atoms with van der Waals surface area (Å²) in [6.07, 6.45) is 15.9. The average Bonchev–Trinajstić information content (AvgIpc) is 1.65. The van der Waals surface area contributed by atoms with Crippen molar-refractivity contribution >= 4 is 85.8 Å². The number of hydrogen-bond acceptors (Lipinski definition) is 18. The van der Waals surface area contributed by atoms with E-state index in [9.17, 15) is 0 Å². The molecule has 0 saturated carbocycles. The van der Waals surface area contributed by atoms with Crippen molar-refractivity contribution in [1.82, 2.24) is 39.9 Å². The molecule has 94 heavy (non-hydrogen) atoms. The molecular formula is C76H90N18. The van der Waals surface area contributed by atoms with Crippen LogP contribution in [0.4, 0.5) is 85.8 Å². The van der Waals surface area contributed by atoms with E-state index in [2.05, 4.69) is 341 Å². The van der Waals surface area contributed by atoms with E-state index in [0.717, 1.165) is 46.0 Å². The fraction of sp³-hybridized carbons (Fsp3) is 0.316. The van der Waals surface area contributed by atoms with Crippen LogP contribution >= 0.6 is 0 Å². The highest BCUT2D eigenvalue weighted by atomic mass is 15.5. The molecule has 18 nitrogen and oxygen atoms in total. The highest BCUT2D eigenvalue weighted by molar-refractivity contribution is 5.86. The maximum atomic E-state index is 4.68. The minimum atomic E-state index is 0.220. The molecule has 0 N–H and O–H groups in total. The van der Waals surface area contributed by atoms with E-state index >= 15 is 0 Å². The number of nitrogens with zero attached hydrogens (tertiary/aromatic N) is 18. The first-order valence-corrected chi connectivity index (χ1v) is 32.5. The molecule has 10 aromatic rings. The van der Waals surface area contributed by atoms with Gasteiger partial charge in [-0.3, -0.25) is 9.97 Å². The van der Waals surface area contributed by atoms with Crippen LogP contribution in [0.2, 0.25) is 0 Å². The highest BCUT2D eigenvalue weighted by Crippen LogP contribution is 2.48. The zero-order chi connectivity index (χ0) is 66.8. The van der Waals surface area contributed by atoms with Gasteiger partial charge in [0.1, 0.15) is 54.9 Å². The predicted octanol–water partition coefficient (Wildman–Crippen LogP) is 16.2. The van der Waals surface area contributed by atoms with Gasteiger partial charge in [-0.25, -0.2) is 29.9 Å². The van der Waals surface area contributed by atoms with Crippen molar-refractivity contribution < 1.29 is 0 Å². The number of pyridine rings is 2. The Balaban J connectivity index is 0.000000120. The van der Waals surface area contributed by atoms with E-state index in [1.165, 1.54) is 79.0 Å². The number of rotatable bonds is 6. The van der Waals surface area contributed by atoms with Gasteiger partial charge in [0.25, 0.3) is 0 Å². The van der Waals surface area contributed by atoms with E-state index < -0.39 is 0 Å². The fourth-order valence-corrected chi connectivity index (χ4v) is 13.0. The Morgan fingerprint density at radius 2 is 0.691 bits per heavy atom. The van der Waals surface area contributed by atoms with Crippen LogP contribution in [0, 0.1) is 41.5 Å². The maximum Gasteiger partial charge on any atom is 0.178 e. The molecule has 5 aromatic heterocycles. The van der Waals surface area contributed by atoms with Gasteiger partial charge in [0.2, 0.25) is 0 Å². The van der Waals surface area contributed by atoms with Crippen molar-refractivity contribution in [3.8, 4) is 0 Å². The minimum absolute atomic E-state index is 0.220. The number of anilines is 15. The van der Waals surface area contributed by atoms with Crippen LogP contribution in [0.25, 0.3) is 0 Å². The summed E-state index contributed by atoms with van der Waals surface area (Å²) < 4.78 is 0. The zero-order valence-corrected chi connectivity index (χ0v) is 57.8.